The largest absolute Gasteiger partial charge is 0.479 e. The first-order valence-corrected chi connectivity index (χ1v) is 11.7. The number of benzene rings is 1. The molecule has 180 valence electrons. The first kappa shape index (κ1) is 22.2. The molecular weight excluding hydrogens is 478 g/mol. The summed E-state index contributed by atoms with van der Waals surface area (Å²) in [7, 11) is 1.30. The van der Waals surface area contributed by atoms with Crippen molar-refractivity contribution >= 4 is 23.2 Å². The van der Waals surface area contributed by atoms with Crippen LogP contribution in [0.1, 0.15) is 29.9 Å². The van der Waals surface area contributed by atoms with Crippen LogP contribution in [0.15, 0.2) is 41.5 Å². The topological polar surface area (TPSA) is 87.3 Å². The number of nitrogens with zero attached hydrogens (tertiary/aromatic N) is 2. The fraction of sp³-hybridized carbons (Fsp3) is 0.320. The van der Waals surface area contributed by atoms with Crippen LogP contribution in [0.4, 0.5) is 14.5 Å². The van der Waals surface area contributed by atoms with Gasteiger partial charge < -0.3 is 15.0 Å². The van der Waals surface area contributed by atoms with Gasteiger partial charge in [0, 0.05) is 48.1 Å². The van der Waals surface area contributed by atoms with Crippen LogP contribution in [0.3, 0.4) is 0 Å². The number of carbonyl (C=O) groups is 1. The van der Waals surface area contributed by atoms with E-state index < -0.39 is 17.2 Å². The molecule has 3 aliphatic rings. The molecule has 2 N–H and O–H groups in total. The molecule has 3 aliphatic heterocycles. The van der Waals surface area contributed by atoms with Gasteiger partial charge in [-0.25, -0.2) is 13.8 Å². The van der Waals surface area contributed by atoms with Crippen LogP contribution in [0.25, 0.3) is 11.1 Å². The molecule has 2 unspecified atom stereocenters. The van der Waals surface area contributed by atoms with E-state index in [0.29, 0.717) is 19.3 Å². The first-order valence-electron chi connectivity index (χ1n) is 11.3. The van der Waals surface area contributed by atoms with Gasteiger partial charge in [0.25, 0.3) is 0 Å². The number of halogens is 3. The number of aromatic amines is 1. The molecule has 2 fully saturated rings. The van der Waals surface area contributed by atoms with Crippen molar-refractivity contribution in [2.24, 2.45) is 0 Å². The van der Waals surface area contributed by atoms with E-state index in [1.807, 2.05) is 0 Å². The lowest BCUT2D eigenvalue weighted by Crippen LogP contribution is -2.68. The molecule has 0 spiro atoms. The van der Waals surface area contributed by atoms with Crippen LogP contribution < -0.4 is 15.6 Å². The number of anilines is 1. The van der Waals surface area contributed by atoms with E-state index in [1.165, 1.54) is 19.4 Å². The predicted octanol–water partition coefficient (Wildman–Crippen LogP) is 3.87. The number of amides is 1. The van der Waals surface area contributed by atoms with Crippen LogP contribution in [-0.2, 0) is 11.2 Å². The SMILES string of the molecule is COc1ncc(-c2cc(F)c(NC(=O)C34CC5CN3[C@H](Cc3cc(=O)[nH]cc35)C4)cc2Cl)cc1F. The number of hydrogen-bond acceptors (Lipinski definition) is 5. The number of methoxy groups -OCH3 is 1. The molecule has 3 aromatic rings. The van der Waals surface area contributed by atoms with Crippen molar-refractivity contribution in [2.75, 3.05) is 19.0 Å². The van der Waals surface area contributed by atoms with Gasteiger partial charge in [0.05, 0.1) is 17.8 Å². The van der Waals surface area contributed by atoms with E-state index in [1.54, 1.807) is 12.3 Å². The summed E-state index contributed by atoms with van der Waals surface area (Å²) < 4.78 is 34.0. The molecular formula is C25H21ClF2N4O3. The summed E-state index contributed by atoms with van der Waals surface area (Å²) >= 11 is 6.39. The van der Waals surface area contributed by atoms with Gasteiger partial charge in [-0.1, -0.05) is 11.6 Å². The molecule has 0 saturated carbocycles. The smallest absolute Gasteiger partial charge is 0.250 e. The number of nitrogens with one attached hydrogen (secondary N) is 2. The summed E-state index contributed by atoms with van der Waals surface area (Å²) in [5.41, 5.74) is 1.78. The van der Waals surface area contributed by atoms with Crippen molar-refractivity contribution in [3.63, 3.8) is 0 Å². The van der Waals surface area contributed by atoms with Crippen LogP contribution in [0.5, 0.6) is 5.88 Å². The molecule has 5 heterocycles. The Kier molecular flexibility index (Phi) is 4.98. The lowest BCUT2D eigenvalue weighted by molar-refractivity contribution is -0.139. The maximum atomic E-state index is 15.1. The van der Waals surface area contributed by atoms with Gasteiger partial charge in [-0.2, -0.15) is 0 Å². The molecule has 2 aromatic heterocycles. The third kappa shape index (κ3) is 3.36. The van der Waals surface area contributed by atoms with Crippen LogP contribution >= 0.6 is 11.6 Å². The normalized spacial score (nSPS) is 24.3. The summed E-state index contributed by atoms with van der Waals surface area (Å²) in [6, 6.07) is 5.48. The minimum absolute atomic E-state index is 0.0336. The van der Waals surface area contributed by atoms with Gasteiger partial charge in [-0.3, -0.25) is 14.5 Å². The molecule has 6 rings (SSSR count). The zero-order valence-corrected chi connectivity index (χ0v) is 19.5. The maximum absolute atomic E-state index is 15.1. The standard InChI is InChI=1S/C25H21ClF2N4O3/c1-35-23-20(28)3-13(9-30-23)16-5-19(27)21(6-18(16)26)31-24(34)25-7-14-11-32(25)15(8-25)2-12-4-22(33)29-10-17(12)14/h3-6,9-10,14-15H,2,7-8,11H2,1H3,(H,29,33)(H,31,34)/t14?,15-,25?/m1/s1. The third-order valence-electron chi connectivity index (χ3n) is 7.55. The molecule has 35 heavy (non-hydrogen) atoms. The highest BCUT2D eigenvalue weighted by molar-refractivity contribution is 6.33. The second kappa shape index (κ2) is 7.86. The average Bonchev–Trinajstić information content (AvgIpc) is 3.05. The lowest BCUT2D eigenvalue weighted by Gasteiger charge is -2.53. The van der Waals surface area contributed by atoms with Crippen LogP contribution in [-0.4, -0.2) is 46.0 Å². The Hall–Kier alpha value is -3.30. The zero-order valence-electron chi connectivity index (χ0n) is 18.7. The number of hydrogen-bond donors (Lipinski definition) is 2. The number of rotatable bonds is 4. The zero-order chi connectivity index (χ0) is 24.5. The molecule has 10 heteroatoms. The Morgan fingerprint density at radius 2 is 2.09 bits per heavy atom. The number of H-pyrrole nitrogens is 1. The minimum Gasteiger partial charge on any atom is -0.479 e. The van der Waals surface area contributed by atoms with Gasteiger partial charge in [0.2, 0.25) is 17.3 Å². The summed E-state index contributed by atoms with van der Waals surface area (Å²) in [6.45, 7) is 0.718. The number of fused-ring (bicyclic) bond motifs is 3. The molecule has 1 aromatic carbocycles. The number of aromatic nitrogens is 2. The van der Waals surface area contributed by atoms with E-state index in [0.717, 1.165) is 29.8 Å². The van der Waals surface area contributed by atoms with Crippen molar-refractivity contribution in [1.82, 2.24) is 14.9 Å². The van der Waals surface area contributed by atoms with Gasteiger partial charge in [-0.05, 0) is 48.6 Å². The average molecular weight is 499 g/mol. The second-order valence-electron chi connectivity index (χ2n) is 9.41. The van der Waals surface area contributed by atoms with Crippen molar-refractivity contribution in [3.8, 4) is 17.0 Å². The second-order valence-corrected chi connectivity index (χ2v) is 9.81. The first-order chi connectivity index (χ1) is 16.8. The Labute approximate surface area is 204 Å². The maximum Gasteiger partial charge on any atom is 0.250 e. The summed E-state index contributed by atoms with van der Waals surface area (Å²) in [5, 5.41) is 2.89. The number of ether oxygens (including phenoxy) is 1. The highest BCUT2D eigenvalue weighted by Crippen LogP contribution is 2.54. The van der Waals surface area contributed by atoms with E-state index in [9.17, 15) is 14.0 Å². The van der Waals surface area contributed by atoms with E-state index >= 15 is 4.39 Å². The van der Waals surface area contributed by atoms with Gasteiger partial charge in [-0.15, -0.1) is 0 Å². The molecule has 1 amide bonds. The van der Waals surface area contributed by atoms with Crippen molar-refractivity contribution in [3.05, 3.63) is 74.8 Å². The van der Waals surface area contributed by atoms with Gasteiger partial charge >= 0.3 is 0 Å². The Morgan fingerprint density at radius 3 is 2.86 bits per heavy atom. The Balaban J connectivity index is 1.26. The van der Waals surface area contributed by atoms with Crippen LogP contribution in [0, 0.1) is 11.6 Å². The highest BCUT2D eigenvalue weighted by Gasteiger charge is 2.63. The Bertz CT molecular complexity index is 1440. The van der Waals surface area contributed by atoms with E-state index in [4.69, 9.17) is 16.3 Å². The molecule has 3 atom stereocenters. The molecule has 2 saturated heterocycles. The van der Waals surface area contributed by atoms with Crippen molar-refractivity contribution < 1.29 is 18.3 Å². The predicted molar refractivity (Wildman–Crippen MR) is 126 cm³/mol. The fourth-order valence-corrected chi connectivity index (χ4v) is 6.23. The van der Waals surface area contributed by atoms with E-state index in [2.05, 4.69) is 20.2 Å². The molecule has 2 bridgehead atoms. The summed E-state index contributed by atoms with van der Waals surface area (Å²) in [6.07, 6.45) is 5.06. The van der Waals surface area contributed by atoms with Gasteiger partial charge in [0.15, 0.2) is 5.82 Å². The molecule has 0 aliphatic carbocycles. The molecule has 0 radical (unpaired) electrons. The number of pyridine rings is 2. The summed E-state index contributed by atoms with van der Waals surface area (Å²) in [5.74, 6) is -1.70. The fourth-order valence-electron chi connectivity index (χ4n) is 5.96. The van der Waals surface area contributed by atoms with Crippen molar-refractivity contribution in [2.45, 2.75) is 36.8 Å². The lowest BCUT2D eigenvalue weighted by atomic mass is 9.72. The van der Waals surface area contributed by atoms with E-state index in [-0.39, 0.29) is 51.1 Å². The third-order valence-corrected chi connectivity index (χ3v) is 7.86. The summed E-state index contributed by atoms with van der Waals surface area (Å²) in [4.78, 5) is 34.0. The van der Waals surface area contributed by atoms with Crippen molar-refractivity contribution in [1.29, 1.82) is 0 Å². The molecule has 7 nitrogen and oxygen atoms in total. The Morgan fingerprint density at radius 1 is 1.26 bits per heavy atom. The van der Waals surface area contributed by atoms with Crippen LogP contribution in [0.2, 0.25) is 5.02 Å². The monoisotopic (exact) mass is 498 g/mol. The number of carbonyl (C=O) groups excluding carboxylic acids is 1. The highest BCUT2D eigenvalue weighted by atomic mass is 35.5. The van der Waals surface area contributed by atoms with Gasteiger partial charge in [0.1, 0.15) is 11.4 Å². The quantitative estimate of drug-likeness (QED) is 0.570. The minimum atomic E-state index is -0.718.